The van der Waals surface area contributed by atoms with Gasteiger partial charge in [0.05, 0.1) is 16.4 Å². The lowest BCUT2D eigenvalue weighted by Crippen LogP contribution is -2.42. The van der Waals surface area contributed by atoms with Crippen LogP contribution in [0.4, 0.5) is 5.69 Å². The highest BCUT2D eigenvalue weighted by Gasteiger charge is 2.32. The molecule has 1 amide bonds. The highest BCUT2D eigenvalue weighted by Crippen LogP contribution is 2.26. The fraction of sp³-hybridized carbons (Fsp3) is 0.438. The minimum atomic E-state index is -3.86. The molecule has 1 aromatic carbocycles. The molecule has 0 bridgehead atoms. The van der Waals surface area contributed by atoms with Gasteiger partial charge in [0.25, 0.3) is 5.69 Å². The summed E-state index contributed by atoms with van der Waals surface area (Å²) in [4.78, 5) is 26.4. The first-order chi connectivity index (χ1) is 13.3. The molecule has 0 aliphatic carbocycles. The van der Waals surface area contributed by atoms with E-state index in [0.717, 1.165) is 6.07 Å². The number of piperidine rings is 1. The molecule has 0 radical (unpaired) electrons. The fourth-order valence-electron chi connectivity index (χ4n) is 2.98. The number of carbonyl (C=O) groups is 1. The zero-order chi connectivity index (χ0) is 20.3. The molecule has 1 aliphatic heterocycles. The lowest BCUT2D eigenvalue weighted by molar-refractivity contribution is -0.385. The third-order valence-corrected chi connectivity index (χ3v) is 6.37. The van der Waals surface area contributed by atoms with Crippen LogP contribution in [0.3, 0.4) is 0 Å². The number of sulfonamides is 1. The van der Waals surface area contributed by atoms with Gasteiger partial charge in [0.2, 0.25) is 21.8 Å². The number of nitrogens with zero attached hydrogens (tertiary/aromatic N) is 4. The monoisotopic (exact) mass is 409 g/mol. The van der Waals surface area contributed by atoms with E-state index in [2.05, 4.69) is 15.5 Å². The summed E-state index contributed by atoms with van der Waals surface area (Å²) < 4.78 is 31.6. The second-order valence-corrected chi connectivity index (χ2v) is 8.32. The van der Waals surface area contributed by atoms with Crippen molar-refractivity contribution in [1.29, 1.82) is 0 Å². The lowest BCUT2D eigenvalue weighted by atomic mass is 9.97. The maximum atomic E-state index is 12.7. The lowest BCUT2D eigenvalue weighted by Gasteiger charge is -2.30. The van der Waals surface area contributed by atoms with E-state index < -0.39 is 14.9 Å². The smallest absolute Gasteiger partial charge is 0.270 e. The zero-order valence-corrected chi connectivity index (χ0v) is 15.9. The van der Waals surface area contributed by atoms with Crippen LogP contribution >= 0.6 is 0 Å². The van der Waals surface area contributed by atoms with Crippen molar-refractivity contribution in [2.75, 3.05) is 13.1 Å². The van der Waals surface area contributed by atoms with Crippen LogP contribution in [-0.4, -0.2) is 46.8 Å². The molecule has 2 aromatic rings. The molecule has 0 spiro atoms. The topological polar surface area (TPSA) is 149 Å². The van der Waals surface area contributed by atoms with E-state index in [4.69, 9.17) is 4.52 Å². The summed E-state index contributed by atoms with van der Waals surface area (Å²) in [6.45, 7) is 2.10. The summed E-state index contributed by atoms with van der Waals surface area (Å²) in [5, 5.41) is 17.2. The van der Waals surface area contributed by atoms with Gasteiger partial charge < -0.3 is 9.84 Å². The van der Waals surface area contributed by atoms with Crippen LogP contribution in [0.25, 0.3) is 0 Å². The highest BCUT2D eigenvalue weighted by atomic mass is 32.2. The number of carbonyl (C=O) groups excluding carboxylic acids is 1. The molecule has 2 heterocycles. The Morgan fingerprint density at radius 3 is 2.71 bits per heavy atom. The van der Waals surface area contributed by atoms with Crippen LogP contribution in [0, 0.1) is 23.0 Å². The molecule has 1 aromatic heterocycles. The van der Waals surface area contributed by atoms with Crippen LogP contribution in [0.5, 0.6) is 0 Å². The van der Waals surface area contributed by atoms with E-state index in [1.54, 1.807) is 6.92 Å². The number of hydrogen-bond donors (Lipinski definition) is 1. The number of nitro groups is 1. The largest absolute Gasteiger partial charge is 0.347 e. The number of aromatic nitrogens is 2. The molecule has 3 rings (SSSR count). The predicted octanol–water partition coefficient (Wildman–Crippen LogP) is 1.00. The summed E-state index contributed by atoms with van der Waals surface area (Å²) in [6.07, 6.45) is 0.700. The van der Waals surface area contributed by atoms with Gasteiger partial charge in [-0.3, -0.25) is 14.9 Å². The Bertz CT molecular complexity index is 981. The third-order valence-electron chi connectivity index (χ3n) is 4.47. The van der Waals surface area contributed by atoms with Crippen molar-refractivity contribution < 1.29 is 22.7 Å². The number of nitrogens with one attached hydrogen (secondary N) is 1. The van der Waals surface area contributed by atoms with Crippen LogP contribution < -0.4 is 5.32 Å². The average Bonchev–Trinajstić information content (AvgIpc) is 3.11. The number of non-ortho nitro benzene ring substituents is 1. The molecule has 0 unspecified atom stereocenters. The van der Waals surface area contributed by atoms with E-state index in [9.17, 15) is 23.3 Å². The minimum absolute atomic E-state index is 0.117. The number of rotatable bonds is 6. The Balaban J connectivity index is 1.58. The van der Waals surface area contributed by atoms with Crippen molar-refractivity contribution in [3.05, 3.63) is 46.1 Å². The number of nitro benzene ring substituents is 1. The molecular formula is C16H19N5O6S. The second-order valence-electron chi connectivity index (χ2n) is 6.39. The molecule has 1 aliphatic rings. The van der Waals surface area contributed by atoms with E-state index in [-0.39, 0.29) is 42.0 Å². The van der Waals surface area contributed by atoms with Crippen molar-refractivity contribution in [2.45, 2.75) is 31.2 Å². The second kappa shape index (κ2) is 8.02. The molecule has 12 heteroatoms. The number of benzene rings is 1. The molecule has 1 N–H and O–H groups in total. The number of amides is 1. The highest BCUT2D eigenvalue weighted by molar-refractivity contribution is 7.89. The predicted molar refractivity (Wildman–Crippen MR) is 95.5 cm³/mol. The van der Waals surface area contributed by atoms with E-state index in [1.165, 1.54) is 22.5 Å². The van der Waals surface area contributed by atoms with Gasteiger partial charge in [-0.25, -0.2) is 8.42 Å². The van der Waals surface area contributed by atoms with E-state index in [0.29, 0.717) is 24.6 Å². The zero-order valence-electron chi connectivity index (χ0n) is 15.1. The van der Waals surface area contributed by atoms with Gasteiger partial charge in [0.1, 0.15) is 0 Å². The molecule has 11 nitrogen and oxygen atoms in total. The maximum absolute atomic E-state index is 12.7. The maximum Gasteiger partial charge on any atom is 0.270 e. The summed E-state index contributed by atoms with van der Waals surface area (Å²) in [6, 6.07) is 4.94. The van der Waals surface area contributed by atoms with Crippen LogP contribution in [0.2, 0.25) is 0 Å². The van der Waals surface area contributed by atoms with Crippen molar-refractivity contribution in [3.8, 4) is 0 Å². The standard InChI is InChI=1S/C16H19N5O6S/c1-11-18-15(27-19-11)10-17-16(22)12-5-7-20(8-6-12)28(25,26)14-4-2-3-13(9-14)21(23)24/h2-4,9,12H,5-8,10H2,1H3,(H,17,22). The van der Waals surface area contributed by atoms with Crippen LogP contribution in [0.1, 0.15) is 24.6 Å². The first kappa shape index (κ1) is 19.9. The van der Waals surface area contributed by atoms with Gasteiger partial charge in [-0.1, -0.05) is 11.2 Å². The molecule has 1 fully saturated rings. The molecule has 28 heavy (non-hydrogen) atoms. The summed E-state index contributed by atoms with van der Waals surface area (Å²) in [5.41, 5.74) is -0.286. The average molecular weight is 409 g/mol. The van der Waals surface area contributed by atoms with Crippen molar-refractivity contribution in [2.24, 2.45) is 5.92 Å². The van der Waals surface area contributed by atoms with Gasteiger partial charge in [0.15, 0.2) is 5.82 Å². The van der Waals surface area contributed by atoms with Gasteiger partial charge in [-0.15, -0.1) is 0 Å². The van der Waals surface area contributed by atoms with E-state index in [1.807, 2.05) is 0 Å². The third kappa shape index (κ3) is 4.34. The van der Waals surface area contributed by atoms with Crippen molar-refractivity contribution >= 4 is 21.6 Å². The first-order valence-corrected chi connectivity index (χ1v) is 10.0. The normalized spacial score (nSPS) is 16.0. The SMILES string of the molecule is Cc1noc(CNC(=O)C2CCN(S(=O)(=O)c3cccc([N+](=O)[O-])c3)CC2)n1. The Hall–Kier alpha value is -2.86. The van der Waals surface area contributed by atoms with Crippen LogP contribution in [0.15, 0.2) is 33.7 Å². The first-order valence-electron chi connectivity index (χ1n) is 8.59. The van der Waals surface area contributed by atoms with Crippen LogP contribution in [-0.2, 0) is 21.4 Å². The Labute approximate surface area is 160 Å². The van der Waals surface area contributed by atoms with Gasteiger partial charge in [-0.2, -0.15) is 9.29 Å². The van der Waals surface area contributed by atoms with Gasteiger partial charge in [0, 0.05) is 31.1 Å². The van der Waals surface area contributed by atoms with Crippen molar-refractivity contribution in [1.82, 2.24) is 19.8 Å². The summed E-state index contributed by atoms with van der Waals surface area (Å²) in [7, 11) is -3.86. The number of hydrogen-bond acceptors (Lipinski definition) is 8. The Morgan fingerprint density at radius 1 is 1.39 bits per heavy atom. The number of aryl methyl sites for hydroxylation is 1. The fourth-order valence-corrected chi connectivity index (χ4v) is 4.49. The summed E-state index contributed by atoms with van der Waals surface area (Å²) >= 11 is 0. The molecule has 1 saturated heterocycles. The van der Waals surface area contributed by atoms with Gasteiger partial charge in [-0.05, 0) is 25.8 Å². The van der Waals surface area contributed by atoms with Gasteiger partial charge >= 0.3 is 0 Å². The minimum Gasteiger partial charge on any atom is -0.347 e. The Kier molecular flexibility index (Phi) is 5.70. The van der Waals surface area contributed by atoms with Crippen molar-refractivity contribution in [3.63, 3.8) is 0 Å². The quantitative estimate of drug-likeness (QED) is 0.549. The Morgan fingerprint density at radius 2 is 2.11 bits per heavy atom. The molecule has 0 saturated carbocycles. The molecular weight excluding hydrogens is 390 g/mol. The molecule has 0 atom stereocenters. The summed E-state index contributed by atoms with van der Waals surface area (Å²) in [5.74, 6) is 0.240. The van der Waals surface area contributed by atoms with E-state index >= 15 is 0 Å². The molecule has 150 valence electrons.